The molecule has 0 saturated carbocycles. The van der Waals surface area contributed by atoms with Gasteiger partial charge in [-0.15, -0.1) is 0 Å². The van der Waals surface area contributed by atoms with Gasteiger partial charge in [0.1, 0.15) is 5.84 Å². The van der Waals surface area contributed by atoms with Crippen molar-refractivity contribution >= 4 is 51.5 Å². The first-order valence-corrected chi connectivity index (χ1v) is 18.5. The fourth-order valence-corrected chi connectivity index (χ4v) is 8.88. The van der Waals surface area contributed by atoms with Crippen molar-refractivity contribution in [1.82, 2.24) is 9.47 Å². The van der Waals surface area contributed by atoms with Crippen LogP contribution in [-0.2, 0) is 4.75 Å². The first kappa shape index (κ1) is 32.8. The zero-order chi connectivity index (χ0) is 36.4. The number of nitriles is 1. The highest BCUT2D eigenvalue weighted by atomic mass is 32.1. The summed E-state index contributed by atoms with van der Waals surface area (Å²) in [5.41, 5.74) is 15.4. The number of hydrogen-bond acceptors (Lipinski definition) is 4. The molecule has 0 saturated heterocycles. The Labute approximate surface area is 316 Å². The van der Waals surface area contributed by atoms with E-state index >= 15 is 0 Å². The highest BCUT2D eigenvalue weighted by molar-refractivity contribution is 7.81. The topological polar surface area (TPSA) is 44.3 Å². The van der Waals surface area contributed by atoms with E-state index in [4.69, 9.17) is 17.6 Å². The molecule has 2 unspecified atom stereocenters. The monoisotopic (exact) mass is 702 g/mol. The molecule has 0 radical (unpaired) electrons. The summed E-state index contributed by atoms with van der Waals surface area (Å²) in [5.74, 6) is 0.898. The van der Waals surface area contributed by atoms with Gasteiger partial charge in [0.25, 0.3) is 0 Å². The third-order valence-electron chi connectivity index (χ3n) is 11.2. The molecule has 0 spiro atoms. The zero-order valence-corrected chi connectivity index (χ0v) is 31.1. The van der Waals surface area contributed by atoms with Gasteiger partial charge in [0.2, 0.25) is 0 Å². The molecule has 0 fully saturated rings. The van der Waals surface area contributed by atoms with E-state index in [1.807, 2.05) is 24.3 Å². The molecule has 1 aliphatic carbocycles. The Morgan fingerprint density at radius 1 is 0.792 bits per heavy atom. The second-order valence-electron chi connectivity index (χ2n) is 14.2. The summed E-state index contributed by atoms with van der Waals surface area (Å²) in [6.07, 6.45) is 4.34. The number of nitrogens with zero attached hydrogens (tertiary/aromatic N) is 4. The smallest absolute Gasteiger partial charge is 0.137 e. The van der Waals surface area contributed by atoms with E-state index in [2.05, 4.69) is 165 Å². The minimum atomic E-state index is -0.437. The summed E-state index contributed by atoms with van der Waals surface area (Å²) in [6, 6.07) is 49.3. The predicted octanol–water partition coefficient (Wildman–Crippen LogP) is 11.9. The molecule has 256 valence electrons. The van der Waals surface area contributed by atoms with Crippen LogP contribution < -0.4 is 0 Å². The van der Waals surface area contributed by atoms with Crippen LogP contribution in [0.15, 0.2) is 156 Å². The van der Waals surface area contributed by atoms with Gasteiger partial charge in [-0.3, -0.25) is 0 Å². The largest absolute Gasteiger partial charge is 0.348 e. The molecular formula is C48H38N4S. The average Bonchev–Trinajstić information content (AvgIpc) is 3.62. The summed E-state index contributed by atoms with van der Waals surface area (Å²) in [7, 11) is 2.15. The van der Waals surface area contributed by atoms with Crippen molar-refractivity contribution in [2.75, 3.05) is 7.05 Å². The molecule has 53 heavy (non-hydrogen) atoms. The highest BCUT2D eigenvalue weighted by Crippen LogP contribution is 2.53. The number of aliphatic imine (C=N–C) groups is 1. The normalized spacial score (nSPS) is 18.1. The molecule has 2 aliphatic rings. The molecule has 2 heterocycles. The fourth-order valence-electron chi connectivity index (χ4n) is 8.53. The van der Waals surface area contributed by atoms with Crippen LogP contribution in [-0.4, -0.2) is 22.4 Å². The second-order valence-corrected chi connectivity index (χ2v) is 15.1. The number of fused-ring (bicyclic) bond motifs is 6. The van der Waals surface area contributed by atoms with Gasteiger partial charge >= 0.3 is 0 Å². The molecule has 0 bridgehead atoms. The fraction of sp³-hybridized carbons (Fsp3) is 0.125. The van der Waals surface area contributed by atoms with Gasteiger partial charge in [0.15, 0.2) is 0 Å². The van der Waals surface area contributed by atoms with Gasteiger partial charge in [-0.2, -0.15) is 17.9 Å². The summed E-state index contributed by atoms with van der Waals surface area (Å²) in [6.45, 7) is 6.52. The zero-order valence-electron chi connectivity index (χ0n) is 30.2. The van der Waals surface area contributed by atoms with E-state index in [0.29, 0.717) is 5.56 Å². The molecule has 7 aromatic rings. The van der Waals surface area contributed by atoms with Crippen LogP contribution in [0.25, 0.3) is 44.2 Å². The maximum absolute atomic E-state index is 9.59. The number of thiol groups is 1. The van der Waals surface area contributed by atoms with Crippen molar-refractivity contribution in [2.45, 2.75) is 31.6 Å². The number of para-hydroxylation sites is 2. The summed E-state index contributed by atoms with van der Waals surface area (Å²) in [5, 5.41) is 12.0. The maximum Gasteiger partial charge on any atom is 0.137 e. The second kappa shape index (κ2) is 12.5. The Morgan fingerprint density at radius 2 is 1.51 bits per heavy atom. The molecule has 5 heteroatoms. The number of allylic oxidation sites excluding steroid dienone is 3. The van der Waals surface area contributed by atoms with E-state index in [-0.39, 0.29) is 6.04 Å². The highest BCUT2D eigenvalue weighted by Gasteiger charge is 2.38. The third-order valence-corrected chi connectivity index (χ3v) is 11.7. The summed E-state index contributed by atoms with van der Waals surface area (Å²) in [4.78, 5) is 7.66. The number of hydrogen-bond donors (Lipinski definition) is 1. The molecule has 1 aromatic heterocycles. The summed E-state index contributed by atoms with van der Waals surface area (Å²) < 4.78 is 1.97. The number of rotatable bonds is 5. The Morgan fingerprint density at radius 3 is 2.28 bits per heavy atom. The van der Waals surface area contributed by atoms with Crippen molar-refractivity contribution in [3.63, 3.8) is 0 Å². The molecule has 1 aliphatic heterocycles. The van der Waals surface area contributed by atoms with E-state index in [9.17, 15) is 5.26 Å². The number of aromatic nitrogens is 1. The van der Waals surface area contributed by atoms with E-state index < -0.39 is 4.75 Å². The standard InChI is InChI=1S/C48H38N4S/c1-5-13-37-30(2)48(3,53)45-38(37)24-25-43-44(45)40-17-10-12-19-42(40)52(43)36-27-34(32-22-20-31(29-49)21-23-32)26-35(28-36)47-50-41-18-11-9-16-39(41)46(51(47)4)33-14-7-6-8-15-33/h5-28,46,53H,1-4H3/b13-5-. The van der Waals surface area contributed by atoms with Gasteiger partial charge in [-0.25, -0.2) is 4.99 Å². The quantitative estimate of drug-likeness (QED) is 0.182. The van der Waals surface area contributed by atoms with Gasteiger partial charge in [-0.05, 0) is 108 Å². The van der Waals surface area contributed by atoms with Gasteiger partial charge in [0, 0.05) is 34.6 Å². The van der Waals surface area contributed by atoms with Crippen LogP contribution in [0.5, 0.6) is 0 Å². The molecule has 0 amide bonds. The van der Waals surface area contributed by atoms with Crippen molar-refractivity contribution in [3.8, 4) is 22.9 Å². The van der Waals surface area contributed by atoms with Crippen LogP contribution in [0.1, 0.15) is 60.2 Å². The van der Waals surface area contributed by atoms with E-state index in [0.717, 1.165) is 44.9 Å². The van der Waals surface area contributed by atoms with Crippen molar-refractivity contribution in [2.24, 2.45) is 4.99 Å². The maximum atomic E-state index is 9.59. The van der Waals surface area contributed by atoms with Crippen LogP contribution >= 0.6 is 12.6 Å². The number of amidine groups is 1. The lowest BCUT2D eigenvalue weighted by Crippen LogP contribution is -2.35. The Balaban J connectivity index is 1.33. The predicted molar refractivity (Wildman–Crippen MR) is 223 cm³/mol. The Bertz CT molecular complexity index is 2740. The first-order valence-electron chi connectivity index (χ1n) is 18.1. The van der Waals surface area contributed by atoms with Crippen LogP contribution in [0.2, 0.25) is 0 Å². The lowest BCUT2D eigenvalue weighted by Gasteiger charge is -2.36. The Kier molecular flexibility index (Phi) is 7.76. The van der Waals surface area contributed by atoms with Crippen LogP contribution in [0, 0.1) is 11.3 Å². The Hall–Kier alpha value is -6.09. The minimum Gasteiger partial charge on any atom is -0.348 e. The van der Waals surface area contributed by atoms with Gasteiger partial charge in [0.05, 0.1) is 39.1 Å². The van der Waals surface area contributed by atoms with E-state index in [1.165, 1.54) is 44.2 Å². The summed E-state index contributed by atoms with van der Waals surface area (Å²) >= 11 is 5.37. The SMILES string of the molecule is C/C=C\C1=C(C)C(C)(S)c2c1ccc1c2c2ccccc2n1-c1cc(C2=Nc3ccccc3C(c3ccccc3)N2C)cc(-c2ccc(C#N)cc2)c1. The molecular weight excluding hydrogens is 665 g/mol. The van der Waals surface area contributed by atoms with E-state index in [1.54, 1.807) is 0 Å². The molecule has 9 rings (SSSR count). The molecule has 6 aromatic carbocycles. The van der Waals surface area contributed by atoms with Gasteiger partial charge in [-0.1, -0.05) is 97.1 Å². The van der Waals surface area contributed by atoms with Crippen molar-refractivity contribution < 1.29 is 0 Å². The van der Waals surface area contributed by atoms with Gasteiger partial charge < -0.3 is 9.47 Å². The first-order chi connectivity index (χ1) is 25.8. The van der Waals surface area contributed by atoms with Crippen LogP contribution in [0.3, 0.4) is 0 Å². The molecule has 0 N–H and O–H groups in total. The molecule has 2 atom stereocenters. The third kappa shape index (κ3) is 5.09. The molecule has 4 nitrogen and oxygen atoms in total. The average molecular weight is 703 g/mol. The minimum absolute atomic E-state index is 0.00656. The van der Waals surface area contributed by atoms with Crippen molar-refractivity contribution in [3.05, 3.63) is 185 Å². The van der Waals surface area contributed by atoms with Crippen LogP contribution in [0.4, 0.5) is 5.69 Å². The lowest BCUT2D eigenvalue weighted by molar-refractivity contribution is 0.422. The van der Waals surface area contributed by atoms with Crippen molar-refractivity contribution in [1.29, 1.82) is 5.26 Å². The number of benzene rings is 6. The lowest BCUT2D eigenvalue weighted by atomic mass is 9.92.